The molecule has 35 heavy (non-hydrogen) atoms. The first-order valence-corrected chi connectivity index (χ1v) is 11.1. The fourth-order valence-electron chi connectivity index (χ4n) is 4.19. The van der Waals surface area contributed by atoms with Crippen LogP contribution in [0.15, 0.2) is 66.9 Å². The van der Waals surface area contributed by atoms with Gasteiger partial charge in [0.25, 0.3) is 11.8 Å². The summed E-state index contributed by atoms with van der Waals surface area (Å²) in [6.07, 6.45) is 2.15. The molecule has 3 aromatic rings. The Morgan fingerprint density at radius 3 is 2.54 bits per heavy atom. The van der Waals surface area contributed by atoms with Crippen molar-refractivity contribution in [1.82, 2.24) is 10.3 Å². The van der Waals surface area contributed by atoms with Gasteiger partial charge in [0.1, 0.15) is 5.82 Å². The summed E-state index contributed by atoms with van der Waals surface area (Å²) in [6.45, 7) is 1.12. The normalized spacial score (nSPS) is 14.1. The number of anilines is 2. The van der Waals surface area contributed by atoms with Crippen LogP contribution >= 0.6 is 0 Å². The van der Waals surface area contributed by atoms with Gasteiger partial charge in [0, 0.05) is 55.0 Å². The average molecular weight is 481 g/mol. The minimum absolute atomic E-state index is 0. The fraction of sp³-hybridized carbons (Fsp3) is 0.231. The number of amides is 2. The molecule has 1 aliphatic heterocycles. The number of nitrogens with one attached hydrogen (secondary N) is 2. The quantitative estimate of drug-likeness (QED) is 0.322. The van der Waals surface area contributed by atoms with Crippen LogP contribution < -0.4 is 50.2 Å². The van der Waals surface area contributed by atoms with Gasteiger partial charge in [-0.25, -0.2) is 4.98 Å². The van der Waals surface area contributed by atoms with E-state index in [1.165, 1.54) is 4.90 Å². The molecule has 2 N–H and O–H groups in total. The van der Waals surface area contributed by atoms with E-state index in [4.69, 9.17) is 0 Å². The molecule has 8 nitrogen and oxygen atoms in total. The molecule has 0 bridgehead atoms. The van der Waals surface area contributed by atoms with Crippen molar-refractivity contribution in [3.63, 3.8) is 0 Å². The summed E-state index contributed by atoms with van der Waals surface area (Å²) in [4.78, 5) is 43.1. The van der Waals surface area contributed by atoms with Crippen LogP contribution in [0.2, 0.25) is 0 Å². The number of hydrogen-bond donors (Lipinski definition) is 2. The summed E-state index contributed by atoms with van der Waals surface area (Å²) in [5, 5.41) is 17.6. The van der Waals surface area contributed by atoms with Crippen molar-refractivity contribution < 1.29 is 49.0 Å². The largest absolute Gasteiger partial charge is 1.00 e. The Labute approximate surface area is 226 Å². The standard InChI is InChI=1S/C26H26N4O4.Na/c1-30-22-15-17(25(33)29-14-6-13-28-23-9-4-5-12-27-23)10-11-19(22)21(16-24(31)32)18-7-2-3-8-20(18)26(30)34;/h2-5,7-12,15,21H,6,13-14,16H2,1H3,(H,27,28)(H,29,33)(H,31,32);/q;+1/p-1. The van der Waals surface area contributed by atoms with Gasteiger partial charge in [0.15, 0.2) is 0 Å². The number of aromatic nitrogens is 1. The Morgan fingerprint density at radius 1 is 1.03 bits per heavy atom. The third-order valence-electron chi connectivity index (χ3n) is 5.88. The van der Waals surface area contributed by atoms with Crippen LogP contribution in [0.4, 0.5) is 11.5 Å². The second kappa shape index (κ2) is 12.0. The van der Waals surface area contributed by atoms with E-state index >= 15 is 0 Å². The van der Waals surface area contributed by atoms with E-state index in [1.807, 2.05) is 18.2 Å². The van der Waals surface area contributed by atoms with E-state index in [1.54, 1.807) is 55.7 Å². The van der Waals surface area contributed by atoms with Crippen molar-refractivity contribution in [2.45, 2.75) is 18.8 Å². The van der Waals surface area contributed by atoms with Crippen molar-refractivity contribution in [2.75, 3.05) is 30.4 Å². The maximum Gasteiger partial charge on any atom is 1.00 e. The smallest absolute Gasteiger partial charge is 0.550 e. The molecule has 0 spiro atoms. The molecule has 2 amide bonds. The van der Waals surface area contributed by atoms with Crippen molar-refractivity contribution >= 4 is 29.3 Å². The van der Waals surface area contributed by atoms with Crippen molar-refractivity contribution in [2.24, 2.45) is 0 Å². The van der Waals surface area contributed by atoms with Crippen LogP contribution in [0.25, 0.3) is 0 Å². The topological polar surface area (TPSA) is 114 Å². The molecule has 4 rings (SSSR count). The molecule has 2 heterocycles. The van der Waals surface area contributed by atoms with Crippen molar-refractivity contribution in [1.29, 1.82) is 0 Å². The number of benzene rings is 2. The van der Waals surface area contributed by atoms with E-state index < -0.39 is 11.9 Å². The van der Waals surface area contributed by atoms with E-state index in [0.29, 0.717) is 47.5 Å². The predicted molar refractivity (Wildman–Crippen MR) is 127 cm³/mol. The third-order valence-corrected chi connectivity index (χ3v) is 5.88. The molecule has 1 unspecified atom stereocenters. The minimum Gasteiger partial charge on any atom is -0.550 e. The van der Waals surface area contributed by atoms with Crippen LogP contribution in [0.5, 0.6) is 0 Å². The molecule has 0 radical (unpaired) electrons. The van der Waals surface area contributed by atoms with Crippen molar-refractivity contribution in [3.8, 4) is 0 Å². The molecular formula is C26H25N4NaO4. The maximum absolute atomic E-state index is 13.1. The number of rotatable bonds is 8. The Morgan fingerprint density at radius 2 is 1.80 bits per heavy atom. The first-order chi connectivity index (χ1) is 16.5. The first kappa shape index (κ1) is 26.4. The van der Waals surface area contributed by atoms with Gasteiger partial charge in [-0.05, 0) is 54.3 Å². The third kappa shape index (κ3) is 6.08. The second-order valence-corrected chi connectivity index (χ2v) is 8.10. The molecule has 2 aromatic carbocycles. The number of carbonyl (C=O) groups is 3. The van der Waals surface area contributed by atoms with Gasteiger partial charge in [-0.3, -0.25) is 9.59 Å². The Kier molecular flexibility index (Phi) is 9.03. The predicted octanol–water partition coefficient (Wildman–Crippen LogP) is -0.820. The molecule has 1 aromatic heterocycles. The zero-order valence-corrected chi connectivity index (χ0v) is 21.8. The monoisotopic (exact) mass is 480 g/mol. The molecule has 0 aliphatic carbocycles. The number of carbonyl (C=O) groups excluding carboxylic acids is 3. The van der Waals surface area contributed by atoms with Crippen LogP contribution in [0, 0.1) is 0 Å². The number of aliphatic carboxylic acids is 1. The summed E-state index contributed by atoms with van der Waals surface area (Å²) in [5.41, 5.74) is 2.66. The summed E-state index contributed by atoms with van der Waals surface area (Å²) in [5.74, 6) is -1.50. The number of carboxylic acids is 1. The van der Waals surface area contributed by atoms with Gasteiger partial charge in [-0.15, -0.1) is 0 Å². The second-order valence-electron chi connectivity index (χ2n) is 8.10. The molecular weight excluding hydrogens is 455 g/mol. The maximum atomic E-state index is 13.1. The zero-order chi connectivity index (χ0) is 24.1. The Bertz CT molecular complexity index is 1220. The van der Waals surface area contributed by atoms with E-state index in [-0.39, 0.29) is 47.8 Å². The first-order valence-electron chi connectivity index (χ1n) is 11.1. The summed E-state index contributed by atoms with van der Waals surface area (Å²) < 4.78 is 0. The molecule has 1 aliphatic rings. The SMILES string of the molecule is CN1C(=O)c2ccccc2C(CC(=O)[O-])c2ccc(C(=O)NCCCNc3ccccn3)cc21.[Na+]. The van der Waals surface area contributed by atoms with Crippen molar-refractivity contribution in [3.05, 3.63) is 89.1 Å². The Hall–Kier alpha value is -3.20. The number of carboxylic acid groups (broad SMARTS) is 1. The number of pyridine rings is 1. The average Bonchev–Trinajstić information content (AvgIpc) is 2.93. The van der Waals surface area contributed by atoms with E-state index in [2.05, 4.69) is 15.6 Å². The molecule has 0 saturated carbocycles. The molecule has 0 fully saturated rings. The van der Waals surface area contributed by atoms with Crippen LogP contribution in [-0.2, 0) is 4.79 Å². The molecule has 0 saturated heterocycles. The van der Waals surface area contributed by atoms with Crippen LogP contribution in [0.1, 0.15) is 50.6 Å². The summed E-state index contributed by atoms with van der Waals surface area (Å²) >= 11 is 0. The van der Waals surface area contributed by atoms with Crippen LogP contribution in [0.3, 0.4) is 0 Å². The Balaban J connectivity index is 0.00000342. The minimum atomic E-state index is -1.20. The van der Waals surface area contributed by atoms with Gasteiger partial charge in [-0.1, -0.05) is 30.3 Å². The zero-order valence-electron chi connectivity index (χ0n) is 19.8. The molecule has 174 valence electrons. The van der Waals surface area contributed by atoms with Gasteiger partial charge in [0.05, 0.1) is 0 Å². The summed E-state index contributed by atoms with van der Waals surface area (Å²) in [7, 11) is 1.63. The van der Waals surface area contributed by atoms with Gasteiger partial charge >= 0.3 is 29.6 Å². The number of nitrogens with zero attached hydrogens (tertiary/aromatic N) is 2. The molecule has 1 atom stereocenters. The van der Waals surface area contributed by atoms with Gasteiger partial charge in [-0.2, -0.15) is 0 Å². The number of fused-ring (bicyclic) bond motifs is 2. The van der Waals surface area contributed by atoms with Gasteiger partial charge in [0.2, 0.25) is 0 Å². The van der Waals surface area contributed by atoms with E-state index in [9.17, 15) is 19.5 Å². The number of hydrogen-bond acceptors (Lipinski definition) is 6. The van der Waals surface area contributed by atoms with Gasteiger partial charge < -0.3 is 25.4 Å². The molecule has 9 heteroatoms. The fourth-order valence-corrected chi connectivity index (χ4v) is 4.19. The van der Waals surface area contributed by atoms with E-state index in [0.717, 1.165) is 5.82 Å². The van der Waals surface area contributed by atoms with Crippen LogP contribution in [-0.4, -0.2) is 42.9 Å². The summed E-state index contributed by atoms with van der Waals surface area (Å²) in [6, 6.07) is 17.6.